The van der Waals surface area contributed by atoms with Crippen LogP contribution < -0.4 is 4.90 Å². The molecule has 2 aliphatic heterocycles. The molecule has 0 unspecified atom stereocenters. The Balaban J connectivity index is 1.96. The van der Waals surface area contributed by atoms with Crippen LogP contribution in [0.1, 0.15) is 19.5 Å². The number of morpholine rings is 1. The summed E-state index contributed by atoms with van der Waals surface area (Å²) in [5.74, 6) is 2.07. The number of halogens is 1. The van der Waals surface area contributed by atoms with Gasteiger partial charge in [0.2, 0.25) is 5.28 Å². The first kappa shape index (κ1) is 12.5. The van der Waals surface area contributed by atoms with E-state index in [0.29, 0.717) is 5.28 Å². The van der Waals surface area contributed by atoms with Gasteiger partial charge in [-0.05, 0) is 25.4 Å². The van der Waals surface area contributed by atoms with Crippen LogP contribution in [0.2, 0.25) is 5.28 Å². The standard InChI is InChI=1S/C12H16ClN3OS/c1-7-5-16(6-8(2)17-7)11-10-9(3-4-18-10)14-12(13)15-11/h7-8H,3-6H2,1-2H3/t7-,8+. The number of aromatic nitrogens is 2. The van der Waals surface area contributed by atoms with Gasteiger partial charge in [0, 0.05) is 25.3 Å². The Morgan fingerprint density at radius 1 is 1.28 bits per heavy atom. The predicted molar refractivity (Wildman–Crippen MR) is 73.7 cm³/mol. The predicted octanol–water partition coefficient (Wildman–Crippen LogP) is 2.39. The number of fused-ring (bicyclic) bond motifs is 1. The van der Waals surface area contributed by atoms with E-state index in [4.69, 9.17) is 16.3 Å². The maximum atomic E-state index is 6.03. The second-order valence-corrected chi connectivity index (χ2v) is 6.30. The summed E-state index contributed by atoms with van der Waals surface area (Å²) < 4.78 is 5.76. The van der Waals surface area contributed by atoms with Crippen molar-refractivity contribution in [3.05, 3.63) is 11.0 Å². The van der Waals surface area contributed by atoms with Gasteiger partial charge in [-0.1, -0.05) is 0 Å². The van der Waals surface area contributed by atoms with Crippen molar-refractivity contribution in [1.29, 1.82) is 0 Å². The lowest BCUT2D eigenvalue weighted by Gasteiger charge is -2.36. The van der Waals surface area contributed by atoms with Gasteiger partial charge in [-0.25, -0.2) is 4.98 Å². The first-order chi connectivity index (χ1) is 8.63. The lowest BCUT2D eigenvalue weighted by Crippen LogP contribution is -2.46. The molecule has 0 N–H and O–H groups in total. The summed E-state index contributed by atoms with van der Waals surface area (Å²) in [6.07, 6.45) is 1.44. The van der Waals surface area contributed by atoms with Crippen molar-refractivity contribution in [3.8, 4) is 0 Å². The number of thioether (sulfide) groups is 1. The van der Waals surface area contributed by atoms with Crippen LogP contribution in [-0.4, -0.2) is 41.0 Å². The van der Waals surface area contributed by atoms with Crippen molar-refractivity contribution >= 4 is 29.2 Å². The number of hydrogen-bond acceptors (Lipinski definition) is 5. The molecule has 18 heavy (non-hydrogen) atoms. The largest absolute Gasteiger partial charge is 0.372 e. The van der Waals surface area contributed by atoms with E-state index in [2.05, 4.69) is 28.7 Å². The Kier molecular flexibility index (Phi) is 3.38. The number of nitrogens with zero attached hydrogens (tertiary/aromatic N) is 3. The van der Waals surface area contributed by atoms with Crippen molar-refractivity contribution in [2.45, 2.75) is 37.4 Å². The molecule has 3 heterocycles. The molecule has 2 atom stereocenters. The van der Waals surface area contributed by atoms with Crippen LogP contribution in [0, 0.1) is 0 Å². The second-order valence-electron chi connectivity index (χ2n) is 4.85. The summed E-state index contributed by atoms with van der Waals surface area (Å²) in [5, 5.41) is 0.359. The highest BCUT2D eigenvalue weighted by atomic mass is 35.5. The second kappa shape index (κ2) is 4.87. The molecule has 1 fully saturated rings. The average Bonchev–Trinajstić information content (AvgIpc) is 2.74. The summed E-state index contributed by atoms with van der Waals surface area (Å²) in [4.78, 5) is 12.3. The van der Waals surface area contributed by atoms with Crippen LogP contribution in [-0.2, 0) is 11.2 Å². The van der Waals surface area contributed by atoms with Gasteiger partial charge in [0.1, 0.15) is 5.82 Å². The third kappa shape index (κ3) is 2.31. The van der Waals surface area contributed by atoms with Gasteiger partial charge in [-0.2, -0.15) is 4.98 Å². The Bertz CT molecular complexity index is 461. The smallest absolute Gasteiger partial charge is 0.224 e. The van der Waals surface area contributed by atoms with Gasteiger partial charge in [-0.15, -0.1) is 11.8 Å². The molecule has 0 aliphatic carbocycles. The Morgan fingerprint density at radius 3 is 2.72 bits per heavy atom. The number of hydrogen-bond donors (Lipinski definition) is 0. The monoisotopic (exact) mass is 285 g/mol. The van der Waals surface area contributed by atoms with Crippen LogP contribution >= 0.6 is 23.4 Å². The highest BCUT2D eigenvalue weighted by molar-refractivity contribution is 7.99. The van der Waals surface area contributed by atoms with Gasteiger partial charge in [-0.3, -0.25) is 0 Å². The molecule has 0 saturated carbocycles. The lowest BCUT2D eigenvalue weighted by atomic mass is 10.2. The van der Waals surface area contributed by atoms with Crippen molar-refractivity contribution in [1.82, 2.24) is 9.97 Å². The van der Waals surface area contributed by atoms with E-state index in [1.54, 1.807) is 0 Å². The fourth-order valence-corrected chi connectivity index (χ4v) is 3.89. The zero-order valence-electron chi connectivity index (χ0n) is 10.5. The van der Waals surface area contributed by atoms with E-state index in [1.807, 2.05) is 11.8 Å². The Morgan fingerprint density at radius 2 is 2.00 bits per heavy atom. The van der Waals surface area contributed by atoms with Gasteiger partial charge in [0.15, 0.2) is 0 Å². The molecule has 1 aromatic heterocycles. The fraction of sp³-hybridized carbons (Fsp3) is 0.667. The van der Waals surface area contributed by atoms with Gasteiger partial charge in [0.05, 0.1) is 22.8 Å². The Labute approximate surface area is 116 Å². The number of anilines is 1. The molecule has 0 amide bonds. The van der Waals surface area contributed by atoms with Crippen LogP contribution in [0.25, 0.3) is 0 Å². The van der Waals surface area contributed by atoms with Crippen LogP contribution in [0.4, 0.5) is 5.82 Å². The molecule has 0 bridgehead atoms. The average molecular weight is 286 g/mol. The van der Waals surface area contributed by atoms with E-state index in [9.17, 15) is 0 Å². The van der Waals surface area contributed by atoms with Crippen molar-refractivity contribution in [2.75, 3.05) is 23.7 Å². The van der Waals surface area contributed by atoms with Crippen LogP contribution in [0.5, 0.6) is 0 Å². The first-order valence-corrected chi connectivity index (χ1v) is 7.59. The number of aryl methyl sites for hydroxylation is 1. The maximum Gasteiger partial charge on any atom is 0.224 e. The van der Waals surface area contributed by atoms with E-state index in [1.165, 1.54) is 4.90 Å². The number of rotatable bonds is 1. The van der Waals surface area contributed by atoms with Gasteiger partial charge < -0.3 is 9.64 Å². The molecule has 1 aromatic rings. The maximum absolute atomic E-state index is 6.03. The summed E-state index contributed by atoms with van der Waals surface area (Å²) >= 11 is 7.86. The molecule has 0 radical (unpaired) electrons. The molecule has 3 rings (SSSR count). The minimum Gasteiger partial charge on any atom is -0.372 e. The van der Waals surface area contributed by atoms with Gasteiger partial charge in [0.25, 0.3) is 0 Å². The van der Waals surface area contributed by atoms with E-state index < -0.39 is 0 Å². The number of ether oxygens (including phenoxy) is 1. The minimum atomic E-state index is 0.226. The summed E-state index contributed by atoms with van der Waals surface area (Å²) in [6, 6.07) is 0. The van der Waals surface area contributed by atoms with Crippen LogP contribution in [0.3, 0.4) is 0 Å². The normalized spacial score (nSPS) is 27.4. The van der Waals surface area contributed by atoms with Crippen molar-refractivity contribution < 1.29 is 4.74 Å². The molecule has 6 heteroatoms. The van der Waals surface area contributed by atoms with Gasteiger partial charge >= 0.3 is 0 Å². The quantitative estimate of drug-likeness (QED) is 0.741. The van der Waals surface area contributed by atoms with E-state index >= 15 is 0 Å². The summed E-state index contributed by atoms with van der Waals surface area (Å²) in [5.41, 5.74) is 1.10. The van der Waals surface area contributed by atoms with Crippen LogP contribution in [0.15, 0.2) is 4.90 Å². The zero-order valence-corrected chi connectivity index (χ0v) is 12.1. The Hall–Kier alpha value is -0.520. The lowest BCUT2D eigenvalue weighted by molar-refractivity contribution is -0.00563. The van der Waals surface area contributed by atoms with E-state index in [-0.39, 0.29) is 12.2 Å². The fourth-order valence-electron chi connectivity index (χ4n) is 2.59. The SMILES string of the molecule is C[C@@H]1CN(c2nc(Cl)nc3c2SCC3)C[C@H](C)O1. The van der Waals surface area contributed by atoms with Crippen molar-refractivity contribution in [3.63, 3.8) is 0 Å². The molecule has 98 valence electrons. The molecule has 2 aliphatic rings. The third-order valence-electron chi connectivity index (χ3n) is 3.19. The minimum absolute atomic E-state index is 0.226. The third-order valence-corrected chi connectivity index (χ3v) is 4.48. The summed E-state index contributed by atoms with van der Waals surface area (Å²) in [7, 11) is 0. The topological polar surface area (TPSA) is 38.2 Å². The molecular formula is C12H16ClN3OS. The molecule has 1 saturated heterocycles. The zero-order chi connectivity index (χ0) is 12.7. The van der Waals surface area contributed by atoms with E-state index in [0.717, 1.165) is 36.8 Å². The highest BCUT2D eigenvalue weighted by Crippen LogP contribution is 2.38. The molecule has 4 nitrogen and oxygen atoms in total. The van der Waals surface area contributed by atoms with Crippen molar-refractivity contribution in [2.24, 2.45) is 0 Å². The molecule has 0 spiro atoms. The molecule has 0 aromatic carbocycles. The molecular weight excluding hydrogens is 270 g/mol. The summed E-state index contributed by atoms with van der Waals surface area (Å²) in [6.45, 7) is 5.92. The highest BCUT2D eigenvalue weighted by Gasteiger charge is 2.28. The first-order valence-electron chi connectivity index (χ1n) is 6.23.